The molecule has 1 aromatic heterocycles. The quantitative estimate of drug-likeness (QED) is 0.174. The van der Waals surface area contributed by atoms with E-state index in [1.165, 1.54) is 6.07 Å². The van der Waals surface area contributed by atoms with E-state index in [1.54, 1.807) is 60.7 Å². The van der Waals surface area contributed by atoms with Crippen LogP contribution in [0.3, 0.4) is 0 Å². The van der Waals surface area contributed by atoms with Crippen LogP contribution in [0.2, 0.25) is 0 Å². The molecule has 0 N–H and O–H groups in total. The van der Waals surface area contributed by atoms with Gasteiger partial charge in [-0.3, -0.25) is 0 Å². The first-order valence-corrected chi connectivity index (χ1v) is 15.3. The standard InChI is InChI=1S/C48H30O/c1-3-13-31(14-4-1)35-27-36(32-15-5-2-6-16-32)29-37(28-35)47-42-21-11-9-19-40(42)46(41-20-10-12-22-43(41)47)34-24-25-39-44-26-23-33-17-7-8-18-38(33)48(44)49-45(39)30-34/h1-30H/i1D,2D,3D,4D,5D,6D,7D,8D,13D,14D,15D,16D,17D,18D,23D,24D,25D,26D,30D. The number of hydrogen-bond acceptors (Lipinski definition) is 1. The normalized spacial score (nSPS) is 17.1. The number of fused-ring (bicyclic) bond motifs is 7. The van der Waals surface area contributed by atoms with Crippen molar-refractivity contribution in [3.8, 4) is 44.5 Å². The van der Waals surface area contributed by atoms with Crippen LogP contribution < -0.4 is 0 Å². The van der Waals surface area contributed by atoms with E-state index in [1.807, 2.05) is 0 Å². The second-order valence-corrected chi connectivity index (χ2v) is 11.4. The summed E-state index contributed by atoms with van der Waals surface area (Å²) < 4.78 is 173. The smallest absolute Gasteiger partial charge is 0.143 e. The minimum Gasteiger partial charge on any atom is -0.455 e. The Morgan fingerprint density at radius 2 is 0.878 bits per heavy atom. The van der Waals surface area contributed by atoms with Gasteiger partial charge in [-0.05, 0) is 108 Å². The van der Waals surface area contributed by atoms with Gasteiger partial charge in [0.15, 0.2) is 0 Å². The molecule has 0 unspecified atom stereocenters. The fraction of sp³-hybridized carbons (Fsp3) is 0. The molecule has 228 valence electrons. The number of benzene rings is 9. The predicted molar refractivity (Wildman–Crippen MR) is 208 cm³/mol. The van der Waals surface area contributed by atoms with Crippen LogP contribution in [0, 0.1) is 0 Å². The molecule has 0 aliphatic heterocycles. The Morgan fingerprint density at radius 1 is 0.367 bits per heavy atom. The molecule has 0 atom stereocenters. The van der Waals surface area contributed by atoms with Gasteiger partial charge in [0.25, 0.3) is 0 Å². The molecule has 10 rings (SSSR count). The number of furan rings is 1. The van der Waals surface area contributed by atoms with Crippen molar-refractivity contribution in [3.63, 3.8) is 0 Å². The molecule has 0 saturated heterocycles. The summed E-state index contributed by atoms with van der Waals surface area (Å²) in [4.78, 5) is 0. The summed E-state index contributed by atoms with van der Waals surface area (Å²) in [6.45, 7) is 0. The highest BCUT2D eigenvalue weighted by molar-refractivity contribution is 6.22. The van der Waals surface area contributed by atoms with Gasteiger partial charge in [-0.1, -0.05) is 145 Å². The molecule has 10 aromatic rings. The summed E-state index contributed by atoms with van der Waals surface area (Å²) in [5, 5.41) is 1.11. The van der Waals surface area contributed by atoms with Crippen molar-refractivity contribution in [1.29, 1.82) is 0 Å². The van der Waals surface area contributed by atoms with E-state index in [4.69, 9.17) is 26.3 Å². The van der Waals surface area contributed by atoms with Crippen molar-refractivity contribution >= 4 is 54.3 Å². The van der Waals surface area contributed by atoms with Crippen molar-refractivity contribution < 1.29 is 30.5 Å². The predicted octanol–water partition coefficient (Wildman–Crippen LogP) is 13.7. The van der Waals surface area contributed by atoms with Crippen molar-refractivity contribution in [1.82, 2.24) is 0 Å². The molecule has 49 heavy (non-hydrogen) atoms. The van der Waals surface area contributed by atoms with Crippen LogP contribution >= 0.6 is 0 Å². The highest BCUT2D eigenvalue weighted by Crippen LogP contribution is 2.46. The van der Waals surface area contributed by atoms with Crippen molar-refractivity contribution in [2.45, 2.75) is 0 Å². The van der Waals surface area contributed by atoms with Gasteiger partial charge in [0, 0.05) is 16.2 Å². The van der Waals surface area contributed by atoms with E-state index in [2.05, 4.69) is 0 Å². The van der Waals surface area contributed by atoms with Crippen LogP contribution in [-0.4, -0.2) is 0 Å². The van der Waals surface area contributed by atoms with E-state index in [0.29, 0.717) is 38.2 Å². The SMILES string of the molecule is [2H]c1c([2H])c([2H])c(-c2cc(-c3c([2H])c([2H])c([2H])c([2H])c3[2H])cc(-c3c4ccccc4c(-c4c([2H])c([2H])c5c(oc6c7c([2H])c([2H])c([2H])c([2H])c7c([2H])c([2H])c65)c4[2H])c4ccccc34)c2)c([2H])c1[2H]. The Labute approximate surface area is 311 Å². The van der Waals surface area contributed by atoms with Crippen molar-refractivity contribution in [3.05, 3.63) is 182 Å². The molecule has 0 aliphatic carbocycles. The molecule has 0 amide bonds. The maximum Gasteiger partial charge on any atom is 0.143 e. The molecule has 1 heteroatoms. The maximum absolute atomic E-state index is 9.73. The van der Waals surface area contributed by atoms with E-state index in [0.717, 1.165) is 0 Å². The largest absolute Gasteiger partial charge is 0.455 e. The molecule has 1 nitrogen and oxygen atoms in total. The molecular formula is C48H30O. The lowest BCUT2D eigenvalue weighted by molar-refractivity contribution is 0.673. The first kappa shape index (κ1) is 14.8. The molecule has 0 radical (unpaired) electrons. The molecular weight excluding hydrogens is 593 g/mol. The van der Waals surface area contributed by atoms with Gasteiger partial charge >= 0.3 is 0 Å². The highest BCUT2D eigenvalue weighted by Gasteiger charge is 2.19. The maximum atomic E-state index is 9.73. The zero-order valence-electron chi connectivity index (χ0n) is 44.3. The fourth-order valence-corrected chi connectivity index (χ4v) is 6.59. The molecule has 1 heterocycles. The average molecular weight is 642 g/mol. The summed E-state index contributed by atoms with van der Waals surface area (Å²) in [5.41, 5.74) is 0.353. The lowest BCUT2D eigenvalue weighted by Gasteiger charge is -2.19. The van der Waals surface area contributed by atoms with E-state index in [9.17, 15) is 4.11 Å². The molecule has 0 spiro atoms. The van der Waals surface area contributed by atoms with Crippen LogP contribution in [0.4, 0.5) is 0 Å². The van der Waals surface area contributed by atoms with Crippen LogP contribution in [0.5, 0.6) is 0 Å². The zero-order valence-corrected chi connectivity index (χ0v) is 25.3. The summed E-state index contributed by atoms with van der Waals surface area (Å²) in [5.74, 6) is 0. The average Bonchev–Trinajstić information content (AvgIpc) is 3.74. The Kier molecular flexibility index (Phi) is 3.34. The minimum atomic E-state index is -0.625. The lowest BCUT2D eigenvalue weighted by atomic mass is 9.84. The van der Waals surface area contributed by atoms with E-state index in [-0.39, 0.29) is 66.6 Å². The van der Waals surface area contributed by atoms with Gasteiger partial charge < -0.3 is 4.42 Å². The monoisotopic (exact) mass is 641 g/mol. The van der Waals surface area contributed by atoms with E-state index >= 15 is 0 Å². The number of rotatable bonds is 4. The van der Waals surface area contributed by atoms with Gasteiger partial charge in [0.2, 0.25) is 0 Å². The molecule has 0 bridgehead atoms. The molecule has 9 aromatic carbocycles. The third-order valence-corrected chi connectivity index (χ3v) is 8.67. The molecule has 0 saturated carbocycles. The minimum absolute atomic E-state index is 0.0583. The highest BCUT2D eigenvalue weighted by atomic mass is 16.3. The van der Waals surface area contributed by atoms with E-state index < -0.39 is 109 Å². The van der Waals surface area contributed by atoms with Gasteiger partial charge in [-0.15, -0.1) is 0 Å². The second-order valence-electron chi connectivity index (χ2n) is 11.4. The number of hydrogen-bond donors (Lipinski definition) is 0. The van der Waals surface area contributed by atoms with Crippen LogP contribution in [0.15, 0.2) is 186 Å². The molecule has 0 aliphatic rings. The summed E-state index contributed by atoms with van der Waals surface area (Å²) in [7, 11) is 0. The zero-order chi connectivity index (χ0) is 48.8. The van der Waals surface area contributed by atoms with Crippen molar-refractivity contribution in [2.24, 2.45) is 0 Å². The lowest BCUT2D eigenvalue weighted by Crippen LogP contribution is -1.92. The van der Waals surface area contributed by atoms with Gasteiger partial charge in [-0.2, -0.15) is 0 Å². The third-order valence-electron chi connectivity index (χ3n) is 8.67. The second kappa shape index (κ2) is 11.1. The Bertz CT molecular complexity index is 3770. The van der Waals surface area contributed by atoms with Crippen molar-refractivity contribution in [2.75, 3.05) is 0 Å². The first-order chi connectivity index (χ1) is 32.2. The van der Waals surface area contributed by atoms with Gasteiger partial charge in [-0.25, -0.2) is 0 Å². The van der Waals surface area contributed by atoms with Gasteiger partial charge in [0.1, 0.15) is 11.2 Å². The fourth-order valence-electron chi connectivity index (χ4n) is 6.59. The van der Waals surface area contributed by atoms with Crippen LogP contribution in [0.25, 0.3) is 98.8 Å². The third kappa shape index (κ3) is 4.47. The Hall–Kier alpha value is -6.44. The topological polar surface area (TPSA) is 13.1 Å². The first-order valence-electron chi connectivity index (χ1n) is 24.8. The Morgan fingerprint density at radius 3 is 1.49 bits per heavy atom. The van der Waals surface area contributed by atoms with Crippen LogP contribution in [0.1, 0.15) is 26.0 Å². The van der Waals surface area contributed by atoms with Crippen LogP contribution in [-0.2, 0) is 0 Å². The summed E-state index contributed by atoms with van der Waals surface area (Å²) in [6.07, 6.45) is 0. The summed E-state index contributed by atoms with van der Waals surface area (Å²) >= 11 is 0. The van der Waals surface area contributed by atoms with Gasteiger partial charge in [0.05, 0.1) is 26.0 Å². The molecule has 0 fully saturated rings. The summed E-state index contributed by atoms with van der Waals surface area (Å²) in [6, 6.07) is 8.02. The Balaban J connectivity index is 1.34.